The van der Waals surface area contributed by atoms with Gasteiger partial charge in [-0.05, 0) is 62.4 Å². The van der Waals surface area contributed by atoms with E-state index in [1.165, 1.54) is 10.9 Å². The predicted molar refractivity (Wildman–Crippen MR) is 137 cm³/mol. The minimum absolute atomic E-state index is 0. The summed E-state index contributed by atoms with van der Waals surface area (Å²) in [5.41, 5.74) is 2.87. The summed E-state index contributed by atoms with van der Waals surface area (Å²) in [5.74, 6) is 1.73. The van der Waals surface area contributed by atoms with Crippen LogP contribution in [0.2, 0.25) is 0 Å². The van der Waals surface area contributed by atoms with Gasteiger partial charge in [-0.2, -0.15) is 0 Å². The van der Waals surface area contributed by atoms with Crippen LogP contribution < -0.4 is 15.5 Å². The fourth-order valence-corrected chi connectivity index (χ4v) is 4.07. The quantitative estimate of drug-likeness (QED) is 0.543. The Morgan fingerprint density at radius 1 is 1.00 bits per heavy atom. The zero-order valence-electron chi connectivity index (χ0n) is 18.7. The molecular formula is C24H31Cl2N5O. The summed E-state index contributed by atoms with van der Waals surface area (Å²) in [6.07, 6.45) is 5.58. The van der Waals surface area contributed by atoms with Gasteiger partial charge >= 0.3 is 0 Å². The molecule has 0 unspecified atom stereocenters. The van der Waals surface area contributed by atoms with E-state index in [9.17, 15) is 4.79 Å². The summed E-state index contributed by atoms with van der Waals surface area (Å²) in [5, 5.41) is 7.96. The van der Waals surface area contributed by atoms with Crippen molar-refractivity contribution in [2.24, 2.45) is 0 Å². The van der Waals surface area contributed by atoms with E-state index in [-0.39, 0.29) is 36.8 Å². The van der Waals surface area contributed by atoms with Gasteiger partial charge in [0.25, 0.3) is 5.91 Å². The number of hydrogen-bond donors (Lipinski definition) is 2. The highest BCUT2D eigenvalue weighted by Gasteiger charge is 2.23. The molecule has 1 amide bonds. The number of carbonyl (C=O) groups is 1. The number of rotatable bonds is 5. The second-order valence-corrected chi connectivity index (χ2v) is 8.31. The van der Waals surface area contributed by atoms with Gasteiger partial charge in [-0.25, -0.2) is 9.97 Å². The van der Waals surface area contributed by atoms with Crippen LogP contribution in [0.3, 0.4) is 0 Å². The van der Waals surface area contributed by atoms with Crippen molar-refractivity contribution in [1.29, 1.82) is 0 Å². The summed E-state index contributed by atoms with van der Waals surface area (Å²) in [6, 6.07) is 14.6. The van der Waals surface area contributed by atoms with E-state index in [1.807, 2.05) is 43.3 Å². The van der Waals surface area contributed by atoms with E-state index < -0.39 is 0 Å². The third kappa shape index (κ3) is 6.02. The first kappa shape index (κ1) is 25.7. The molecule has 4 rings (SSSR count). The SMILES string of the molecule is Cc1cc(NC2CCC(NC(=O)c3ccc(N(C)C)nc3)CC2)nc2ccccc12.Cl.Cl. The molecule has 1 aromatic carbocycles. The minimum Gasteiger partial charge on any atom is -0.367 e. The van der Waals surface area contributed by atoms with Crippen LogP contribution in [-0.4, -0.2) is 42.1 Å². The van der Waals surface area contributed by atoms with Gasteiger partial charge in [-0.1, -0.05) is 18.2 Å². The number of halogens is 2. The van der Waals surface area contributed by atoms with E-state index >= 15 is 0 Å². The Morgan fingerprint density at radius 2 is 1.69 bits per heavy atom. The van der Waals surface area contributed by atoms with Crippen molar-refractivity contribution in [3.63, 3.8) is 0 Å². The van der Waals surface area contributed by atoms with Crippen LogP contribution >= 0.6 is 24.8 Å². The van der Waals surface area contributed by atoms with Crippen molar-refractivity contribution < 1.29 is 4.79 Å². The van der Waals surface area contributed by atoms with Gasteiger partial charge < -0.3 is 15.5 Å². The topological polar surface area (TPSA) is 70.2 Å². The Labute approximate surface area is 202 Å². The second-order valence-electron chi connectivity index (χ2n) is 8.31. The van der Waals surface area contributed by atoms with Gasteiger partial charge in [-0.15, -0.1) is 24.8 Å². The number of para-hydroxylation sites is 1. The van der Waals surface area contributed by atoms with Crippen molar-refractivity contribution in [3.05, 3.63) is 59.8 Å². The summed E-state index contributed by atoms with van der Waals surface area (Å²) >= 11 is 0. The predicted octanol–water partition coefficient (Wildman–Crippen LogP) is 5.00. The first-order chi connectivity index (χ1) is 14.5. The molecule has 32 heavy (non-hydrogen) atoms. The van der Waals surface area contributed by atoms with E-state index in [0.29, 0.717) is 11.6 Å². The molecule has 8 heteroatoms. The Balaban J connectivity index is 0.00000181. The molecule has 3 aromatic rings. The van der Waals surface area contributed by atoms with Crippen molar-refractivity contribution >= 4 is 53.3 Å². The van der Waals surface area contributed by atoms with Crippen LogP contribution in [0.15, 0.2) is 48.7 Å². The number of nitrogens with zero attached hydrogens (tertiary/aromatic N) is 3. The van der Waals surface area contributed by atoms with E-state index in [1.54, 1.807) is 6.20 Å². The highest BCUT2D eigenvalue weighted by molar-refractivity contribution is 5.94. The van der Waals surface area contributed by atoms with Crippen LogP contribution in [-0.2, 0) is 0 Å². The zero-order chi connectivity index (χ0) is 21.1. The highest BCUT2D eigenvalue weighted by Crippen LogP contribution is 2.25. The third-order valence-corrected chi connectivity index (χ3v) is 5.81. The molecule has 0 aliphatic heterocycles. The molecule has 1 saturated carbocycles. The van der Waals surface area contributed by atoms with E-state index in [2.05, 4.69) is 40.7 Å². The largest absolute Gasteiger partial charge is 0.367 e. The molecule has 6 nitrogen and oxygen atoms in total. The van der Waals surface area contributed by atoms with Crippen LogP contribution in [0.1, 0.15) is 41.6 Å². The fraction of sp³-hybridized carbons (Fsp3) is 0.375. The molecule has 0 radical (unpaired) electrons. The molecule has 1 aliphatic rings. The lowest BCUT2D eigenvalue weighted by Crippen LogP contribution is -2.40. The standard InChI is InChI=1S/C24H29N5O.2ClH/c1-16-14-22(28-21-7-5-4-6-20(16)21)26-18-9-11-19(12-10-18)27-24(30)17-8-13-23(25-15-17)29(2)3;;/h4-8,13-15,18-19H,9-12H2,1-3H3,(H,26,28)(H,27,30);2*1H. The van der Waals surface area contributed by atoms with Gasteiger partial charge in [-0.3, -0.25) is 4.79 Å². The van der Waals surface area contributed by atoms with Crippen molar-refractivity contribution in [3.8, 4) is 0 Å². The number of aryl methyl sites for hydroxylation is 1. The maximum atomic E-state index is 12.5. The first-order valence-corrected chi connectivity index (χ1v) is 10.6. The smallest absolute Gasteiger partial charge is 0.253 e. The number of fused-ring (bicyclic) bond motifs is 1. The molecule has 0 saturated heterocycles. The maximum Gasteiger partial charge on any atom is 0.253 e. The average Bonchev–Trinajstić information content (AvgIpc) is 2.75. The number of amides is 1. The molecule has 0 bridgehead atoms. The molecule has 2 N–H and O–H groups in total. The lowest BCUT2D eigenvalue weighted by atomic mass is 9.91. The fourth-order valence-electron chi connectivity index (χ4n) is 4.07. The Hall–Kier alpha value is -2.57. The van der Waals surface area contributed by atoms with Gasteiger partial charge in [0.15, 0.2) is 0 Å². The lowest BCUT2D eigenvalue weighted by Gasteiger charge is -2.30. The van der Waals surface area contributed by atoms with Crippen LogP contribution in [0.5, 0.6) is 0 Å². The number of nitrogens with one attached hydrogen (secondary N) is 2. The van der Waals surface area contributed by atoms with Gasteiger partial charge in [0.05, 0.1) is 11.1 Å². The number of aromatic nitrogens is 2. The average molecular weight is 476 g/mol. The highest BCUT2D eigenvalue weighted by atomic mass is 35.5. The molecule has 172 valence electrons. The van der Waals surface area contributed by atoms with Crippen molar-refractivity contribution in [2.75, 3.05) is 24.3 Å². The number of pyridine rings is 2. The zero-order valence-corrected chi connectivity index (χ0v) is 20.3. The molecule has 0 atom stereocenters. The molecule has 1 aliphatic carbocycles. The minimum atomic E-state index is -0.0453. The Bertz CT molecular complexity index is 1030. The van der Waals surface area contributed by atoms with Gasteiger partial charge in [0.1, 0.15) is 11.6 Å². The summed E-state index contributed by atoms with van der Waals surface area (Å²) < 4.78 is 0. The van der Waals surface area contributed by atoms with E-state index in [0.717, 1.165) is 42.8 Å². The van der Waals surface area contributed by atoms with Crippen molar-refractivity contribution in [2.45, 2.75) is 44.7 Å². The number of anilines is 2. The summed E-state index contributed by atoms with van der Waals surface area (Å²) in [7, 11) is 3.87. The van der Waals surface area contributed by atoms with Crippen LogP contribution in [0, 0.1) is 6.92 Å². The monoisotopic (exact) mass is 475 g/mol. The molecule has 0 spiro atoms. The first-order valence-electron chi connectivity index (χ1n) is 10.6. The third-order valence-electron chi connectivity index (χ3n) is 5.81. The maximum absolute atomic E-state index is 12.5. The van der Waals surface area contributed by atoms with Gasteiger partial charge in [0, 0.05) is 37.8 Å². The van der Waals surface area contributed by atoms with E-state index in [4.69, 9.17) is 4.98 Å². The lowest BCUT2D eigenvalue weighted by molar-refractivity contribution is 0.0926. The Morgan fingerprint density at radius 3 is 2.34 bits per heavy atom. The van der Waals surface area contributed by atoms with Crippen molar-refractivity contribution in [1.82, 2.24) is 15.3 Å². The van der Waals surface area contributed by atoms with Gasteiger partial charge in [0.2, 0.25) is 0 Å². The Kier molecular flexibility index (Phi) is 9.10. The van der Waals surface area contributed by atoms with Crippen LogP contribution in [0.4, 0.5) is 11.6 Å². The number of hydrogen-bond acceptors (Lipinski definition) is 5. The summed E-state index contributed by atoms with van der Waals surface area (Å²) in [4.78, 5) is 23.6. The number of carbonyl (C=O) groups excluding carboxylic acids is 1. The molecule has 2 aromatic heterocycles. The summed E-state index contributed by atoms with van der Waals surface area (Å²) in [6.45, 7) is 2.13. The molecule has 1 fully saturated rings. The second kappa shape index (κ2) is 11.3. The molecule has 2 heterocycles. The number of benzene rings is 1. The molecular weight excluding hydrogens is 445 g/mol. The normalized spacial score (nSPS) is 17.6. The van der Waals surface area contributed by atoms with Crippen LogP contribution in [0.25, 0.3) is 10.9 Å².